The molecule has 0 spiro atoms. The quantitative estimate of drug-likeness (QED) is 0.876. The zero-order valence-electron chi connectivity index (χ0n) is 11.9. The van der Waals surface area contributed by atoms with Crippen molar-refractivity contribution in [3.63, 3.8) is 0 Å². The van der Waals surface area contributed by atoms with Gasteiger partial charge in [-0.05, 0) is 38.5 Å². The number of benzene rings is 1. The lowest BCUT2D eigenvalue weighted by Crippen LogP contribution is -2.10. The zero-order chi connectivity index (χ0) is 14.5. The van der Waals surface area contributed by atoms with Crippen LogP contribution in [0.3, 0.4) is 0 Å². The van der Waals surface area contributed by atoms with Crippen LogP contribution < -0.4 is 10.1 Å². The monoisotopic (exact) mass is 273 g/mol. The molecule has 0 atom stereocenters. The van der Waals surface area contributed by atoms with E-state index in [1.54, 1.807) is 12.1 Å². The van der Waals surface area contributed by atoms with Gasteiger partial charge in [-0.1, -0.05) is 12.1 Å². The van der Waals surface area contributed by atoms with Crippen LogP contribution in [0, 0.1) is 6.92 Å². The van der Waals surface area contributed by atoms with Crippen LogP contribution in [0.5, 0.6) is 11.6 Å². The largest absolute Gasteiger partial charge is 0.508 e. The van der Waals surface area contributed by atoms with Crippen molar-refractivity contribution in [2.45, 2.75) is 33.4 Å². The second-order valence-electron chi connectivity index (χ2n) is 4.86. The topological polar surface area (TPSA) is 67.3 Å². The first-order valence-corrected chi connectivity index (χ1v) is 6.57. The molecule has 0 radical (unpaired) electrons. The van der Waals surface area contributed by atoms with E-state index in [0.717, 1.165) is 11.3 Å². The molecule has 1 heterocycles. The lowest BCUT2D eigenvalue weighted by atomic mass is 10.2. The molecule has 1 aromatic carbocycles. The molecule has 2 aromatic rings. The average molecular weight is 273 g/mol. The standard InChI is InChI=1S/C15H19N3O2/c1-10(2)20-14-8-11(3)17-15(18-14)16-9-12-4-6-13(19)7-5-12/h4-8,10,19H,9H2,1-3H3,(H,16,17,18). The molecule has 0 amide bonds. The first kappa shape index (κ1) is 14.1. The molecule has 1 aromatic heterocycles. The van der Waals surface area contributed by atoms with Gasteiger partial charge in [0.25, 0.3) is 0 Å². The minimum absolute atomic E-state index is 0.0780. The first-order valence-electron chi connectivity index (χ1n) is 6.57. The highest BCUT2D eigenvalue weighted by atomic mass is 16.5. The summed E-state index contributed by atoms with van der Waals surface area (Å²) in [5.74, 6) is 1.36. The van der Waals surface area contributed by atoms with Gasteiger partial charge in [0.15, 0.2) is 0 Å². The number of aryl methyl sites for hydroxylation is 1. The third-order valence-electron chi connectivity index (χ3n) is 2.57. The Balaban J connectivity index is 2.05. The highest BCUT2D eigenvalue weighted by Crippen LogP contribution is 2.15. The molecule has 0 aliphatic rings. The Labute approximate surface area is 118 Å². The van der Waals surface area contributed by atoms with Gasteiger partial charge in [0, 0.05) is 18.3 Å². The number of phenols is 1. The van der Waals surface area contributed by atoms with Crippen LogP contribution in [0.4, 0.5) is 5.95 Å². The Hall–Kier alpha value is -2.30. The summed E-state index contributed by atoms with van der Waals surface area (Å²) in [5.41, 5.74) is 1.89. The Bertz CT molecular complexity index is 568. The van der Waals surface area contributed by atoms with E-state index in [-0.39, 0.29) is 11.9 Å². The molecule has 5 nitrogen and oxygen atoms in total. The summed E-state index contributed by atoms with van der Waals surface area (Å²) >= 11 is 0. The molecule has 5 heteroatoms. The number of aromatic nitrogens is 2. The highest BCUT2D eigenvalue weighted by molar-refractivity contribution is 5.33. The van der Waals surface area contributed by atoms with Crippen LogP contribution in [0.1, 0.15) is 25.1 Å². The van der Waals surface area contributed by atoms with Crippen molar-refractivity contribution in [1.82, 2.24) is 9.97 Å². The molecule has 20 heavy (non-hydrogen) atoms. The van der Waals surface area contributed by atoms with Gasteiger partial charge in [0.2, 0.25) is 11.8 Å². The Morgan fingerprint density at radius 3 is 2.55 bits per heavy atom. The van der Waals surface area contributed by atoms with E-state index in [2.05, 4.69) is 15.3 Å². The van der Waals surface area contributed by atoms with Crippen molar-refractivity contribution < 1.29 is 9.84 Å². The lowest BCUT2D eigenvalue weighted by Gasteiger charge is -2.11. The van der Waals surface area contributed by atoms with E-state index in [9.17, 15) is 5.11 Å². The van der Waals surface area contributed by atoms with E-state index in [4.69, 9.17) is 4.74 Å². The predicted octanol–water partition coefficient (Wildman–Crippen LogP) is 2.89. The average Bonchev–Trinajstić information content (AvgIpc) is 2.36. The summed E-state index contributed by atoms with van der Waals surface area (Å²) in [6.45, 7) is 6.41. The van der Waals surface area contributed by atoms with Crippen molar-refractivity contribution in [3.05, 3.63) is 41.6 Å². The van der Waals surface area contributed by atoms with Gasteiger partial charge in [0.1, 0.15) is 5.75 Å². The van der Waals surface area contributed by atoms with Crippen LogP contribution >= 0.6 is 0 Å². The molecule has 2 rings (SSSR count). The second-order valence-corrected chi connectivity index (χ2v) is 4.86. The molecule has 0 unspecified atom stereocenters. The summed E-state index contributed by atoms with van der Waals surface area (Å²) in [5, 5.41) is 12.4. The Kier molecular flexibility index (Phi) is 4.40. The molecule has 0 aliphatic heterocycles. The number of aromatic hydroxyl groups is 1. The first-order chi connectivity index (χ1) is 9.52. The van der Waals surface area contributed by atoms with Crippen molar-refractivity contribution in [2.75, 3.05) is 5.32 Å². The van der Waals surface area contributed by atoms with E-state index >= 15 is 0 Å². The van der Waals surface area contributed by atoms with Crippen LogP contribution in [-0.2, 0) is 6.54 Å². The summed E-state index contributed by atoms with van der Waals surface area (Å²) in [6.07, 6.45) is 0.0780. The molecular formula is C15H19N3O2. The Morgan fingerprint density at radius 2 is 1.90 bits per heavy atom. The van der Waals surface area contributed by atoms with Crippen molar-refractivity contribution in [2.24, 2.45) is 0 Å². The SMILES string of the molecule is Cc1cc(OC(C)C)nc(NCc2ccc(O)cc2)n1. The van der Waals surface area contributed by atoms with Gasteiger partial charge in [-0.15, -0.1) is 0 Å². The minimum atomic E-state index is 0.0780. The molecule has 0 bridgehead atoms. The minimum Gasteiger partial charge on any atom is -0.508 e. The van der Waals surface area contributed by atoms with E-state index < -0.39 is 0 Å². The summed E-state index contributed by atoms with van der Waals surface area (Å²) < 4.78 is 5.58. The fourth-order valence-electron chi connectivity index (χ4n) is 1.72. The number of nitrogens with zero attached hydrogens (tertiary/aromatic N) is 2. The van der Waals surface area contributed by atoms with Crippen molar-refractivity contribution in [1.29, 1.82) is 0 Å². The number of ether oxygens (including phenoxy) is 1. The number of nitrogens with one attached hydrogen (secondary N) is 1. The van der Waals surface area contributed by atoms with E-state index in [0.29, 0.717) is 18.4 Å². The highest BCUT2D eigenvalue weighted by Gasteiger charge is 2.05. The maximum absolute atomic E-state index is 9.24. The fourth-order valence-corrected chi connectivity index (χ4v) is 1.72. The number of phenolic OH excluding ortho intramolecular Hbond substituents is 1. The summed E-state index contributed by atoms with van der Waals surface area (Å²) in [4.78, 5) is 8.63. The van der Waals surface area contributed by atoms with Gasteiger partial charge in [-0.2, -0.15) is 4.98 Å². The van der Waals surface area contributed by atoms with E-state index in [1.807, 2.05) is 39.0 Å². The molecule has 106 valence electrons. The van der Waals surface area contributed by atoms with Crippen molar-refractivity contribution in [3.8, 4) is 11.6 Å². The number of anilines is 1. The van der Waals surface area contributed by atoms with Gasteiger partial charge in [-0.25, -0.2) is 4.98 Å². The van der Waals surface area contributed by atoms with E-state index in [1.165, 1.54) is 0 Å². The maximum atomic E-state index is 9.24. The number of rotatable bonds is 5. The normalized spacial score (nSPS) is 10.6. The fraction of sp³-hybridized carbons (Fsp3) is 0.333. The third kappa shape index (κ3) is 4.12. The maximum Gasteiger partial charge on any atom is 0.226 e. The molecule has 2 N–H and O–H groups in total. The molecule has 0 fully saturated rings. The smallest absolute Gasteiger partial charge is 0.226 e. The second kappa shape index (κ2) is 6.23. The van der Waals surface area contributed by atoms with Gasteiger partial charge >= 0.3 is 0 Å². The summed E-state index contributed by atoms with van der Waals surface area (Å²) in [6, 6.07) is 8.82. The third-order valence-corrected chi connectivity index (χ3v) is 2.57. The Morgan fingerprint density at radius 1 is 1.20 bits per heavy atom. The molecule has 0 aliphatic carbocycles. The lowest BCUT2D eigenvalue weighted by molar-refractivity contribution is 0.232. The van der Waals surface area contributed by atoms with Crippen LogP contribution in [0.15, 0.2) is 30.3 Å². The number of hydrogen-bond acceptors (Lipinski definition) is 5. The molecular weight excluding hydrogens is 254 g/mol. The molecule has 0 saturated carbocycles. The van der Waals surface area contributed by atoms with Gasteiger partial charge in [0.05, 0.1) is 6.10 Å². The van der Waals surface area contributed by atoms with Crippen LogP contribution in [-0.4, -0.2) is 21.2 Å². The predicted molar refractivity (Wildman–Crippen MR) is 78.0 cm³/mol. The zero-order valence-corrected chi connectivity index (χ0v) is 11.9. The van der Waals surface area contributed by atoms with Gasteiger partial charge < -0.3 is 15.2 Å². The van der Waals surface area contributed by atoms with Crippen molar-refractivity contribution >= 4 is 5.95 Å². The van der Waals surface area contributed by atoms with Gasteiger partial charge in [-0.3, -0.25) is 0 Å². The van der Waals surface area contributed by atoms with Crippen LogP contribution in [0.25, 0.3) is 0 Å². The number of hydrogen-bond donors (Lipinski definition) is 2. The molecule has 0 saturated heterocycles. The summed E-state index contributed by atoms with van der Waals surface area (Å²) in [7, 11) is 0. The van der Waals surface area contributed by atoms with Crippen LogP contribution in [0.2, 0.25) is 0 Å².